The van der Waals surface area contributed by atoms with Crippen LogP contribution in [0.5, 0.6) is 0 Å². The highest BCUT2D eigenvalue weighted by Crippen LogP contribution is 2.32. The first-order valence-corrected chi connectivity index (χ1v) is 9.70. The Kier molecular flexibility index (Phi) is 5.61. The van der Waals surface area contributed by atoms with Crippen molar-refractivity contribution in [2.24, 2.45) is 17.8 Å². The average Bonchev–Trinajstić information content (AvgIpc) is 3.32. The molecule has 2 nitrogen and oxygen atoms in total. The van der Waals surface area contributed by atoms with E-state index in [0.29, 0.717) is 0 Å². The Bertz CT molecular complexity index is 303. The van der Waals surface area contributed by atoms with Gasteiger partial charge in [0.15, 0.2) is 0 Å². The van der Waals surface area contributed by atoms with Crippen LogP contribution in [0.25, 0.3) is 0 Å². The van der Waals surface area contributed by atoms with Crippen LogP contribution in [0.15, 0.2) is 0 Å². The van der Waals surface area contributed by atoms with Crippen LogP contribution in [0, 0.1) is 17.8 Å². The molecule has 0 radical (unpaired) electrons. The van der Waals surface area contributed by atoms with Gasteiger partial charge in [-0.3, -0.25) is 0 Å². The maximum atomic E-state index is 3.81. The average molecular weight is 293 g/mol. The summed E-state index contributed by atoms with van der Waals surface area (Å²) in [5, 5.41) is 3.81. The van der Waals surface area contributed by atoms with Gasteiger partial charge < -0.3 is 10.2 Å². The Morgan fingerprint density at radius 1 is 0.905 bits per heavy atom. The van der Waals surface area contributed by atoms with Gasteiger partial charge in [-0.25, -0.2) is 0 Å². The van der Waals surface area contributed by atoms with Crippen LogP contribution >= 0.6 is 0 Å². The quantitative estimate of drug-likeness (QED) is 0.769. The van der Waals surface area contributed by atoms with Crippen molar-refractivity contribution in [3.05, 3.63) is 0 Å². The summed E-state index contributed by atoms with van der Waals surface area (Å²) in [6.45, 7) is 8.83. The Hall–Kier alpha value is -0.0800. The van der Waals surface area contributed by atoms with Crippen LogP contribution in [0.4, 0.5) is 0 Å². The highest BCUT2D eigenvalue weighted by molar-refractivity contribution is 4.85. The third kappa shape index (κ3) is 4.69. The molecular weight excluding hydrogens is 256 g/mol. The van der Waals surface area contributed by atoms with Gasteiger partial charge in [0.2, 0.25) is 0 Å². The summed E-state index contributed by atoms with van der Waals surface area (Å²) in [4.78, 5) is 2.83. The lowest BCUT2D eigenvalue weighted by atomic mass is 9.89. The maximum absolute atomic E-state index is 3.81. The summed E-state index contributed by atoms with van der Waals surface area (Å²) in [7, 11) is 0. The van der Waals surface area contributed by atoms with Crippen molar-refractivity contribution in [2.45, 2.75) is 83.7 Å². The lowest BCUT2D eigenvalue weighted by Gasteiger charge is -2.37. The van der Waals surface area contributed by atoms with Gasteiger partial charge in [0.25, 0.3) is 0 Å². The molecule has 122 valence electrons. The molecular formula is C19H36N2. The number of nitrogens with zero attached hydrogens (tertiary/aromatic N) is 1. The minimum atomic E-state index is 0.816. The van der Waals surface area contributed by atoms with Gasteiger partial charge in [-0.15, -0.1) is 0 Å². The highest BCUT2D eigenvalue weighted by Gasteiger charge is 2.29. The van der Waals surface area contributed by atoms with E-state index in [1.54, 1.807) is 0 Å². The van der Waals surface area contributed by atoms with Crippen LogP contribution in [-0.2, 0) is 0 Å². The second-order valence-corrected chi connectivity index (χ2v) is 8.33. The molecule has 1 saturated heterocycles. The lowest BCUT2D eigenvalue weighted by molar-refractivity contribution is 0.129. The fourth-order valence-electron chi connectivity index (χ4n) is 4.47. The zero-order valence-electron chi connectivity index (χ0n) is 14.3. The summed E-state index contributed by atoms with van der Waals surface area (Å²) < 4.78 is 0. The molecule has 0 bridgehead atoms. The molecule has 3 rings (SSSR count). The first-order valence-electron chi connectivity index (χ1n) is 9.70. The van der Waals surface area contributed by atoms with Gasteiger partial charge in [0, 0.05) is 12.1 Å². The van der Waals surface area contributed by atoms with Gasteiger partial charge in [0.05, 0.1) is 0 Å². The van der Waals surface area contributed by atoms with E-state index in [-0.39, 0.29) is 0 Å². The van der Waals surface area contributed by atoms with Crippen molar-refractivity contribution < 1.29 is 0 Å². The molecule has 2 heteroatoms. The standard InChI is InChI=1S/C19H36N2/c1-15(2)17-4-3-5-19(9-8-17)21-12-10-18(11-13-21)20-14-16-6-7-16/h15-20H,3-14H2,1-2H3. The summed E-state index contributed by atoms with van der Waals surface area (Å²) >= 11 is 0. The molecule has 2 unspecified atom stereocenters. The monoisotopic (exact) mass is 292 g/mol. The van der Waals surface area contributed by atoms with Crippen molar-refractivity contribution in [1.29, 1.82) is 0 Å². The van der Waals surface area contributed by atoms with E-state index < -0.39 is 0 Å². The second-order valence-electron chi connectivity index (χ2n) is 8.33. The highest BCUT2D eigenvalue weighted by atomic mass is 15.2. The summed E-state index contributed by atoms with van der Waals surface area (Å²) in [6.07, 6.45) is 13.1. The summed E-state index contributed by atoms with van der Waals surface area (Å²) in [6, 6.07) is 1.72. The first kappa shape index (κ1) is 15.8. The fraction of sp³-hybridized carbons (Fsp3) is 1.00. The second kappa shape index (κ2) is 7.46. The van der Waals surface area contributed by atoms with E-state index in [4.69, 9.17) is 0 Å². The molecule has 0 aromatic carbocycles. The van der Waals surface area contributed by atoms with Gasteiger partial charge >= 0.3 is 0 Å². The topological polar surface area (TPSA) is 15.3 Å². The Balaban J connectivity index is 1.39. The molecule has 1 N–H and O–H groups in total. The molecule has 0 amide bonds. The fourth-order valence-corrected chi connectivity index (χ4v) is 4.47. The zero-order chi connectivity index (χ0) is 14.7. The number of likely N-dealkylation sites (tertiary alicyclic amines) is 1. The van der Waals surface area contributed by atoms with Crippen molar-refractivity contribution in [2.75, 3.05) is 19.6 Å². The van der Waals surface area contributed by atoms with Crippen LogP contribution in [0.3, 0.4) is 0 Å². The number of piperidine rings is 1. The van der Waals surface area contributed by atoms with Gasteiger partial charge in [0.1, 0.15) is 0 Å². The van der Waals surface area contributed by atoms with E-state index in [1.165, 1.54) is 77.4 Å². The Morgan fingerprint density at radius 3 is 2.33 bits per heavy atom. The van der Waals surface area contributed by atoms with Crippen LogP contribution in [-0.4, -0.2) is 36.6 Å². The molecule has 2 aliphatic carbocycles. The molecule has 2 atom stereocenters. The SMILES string of the molecule is CC(C)C1CCCC(N2CCC(NCC3CC3)CC2)CC1. The molecule has 3 aliphatic rings. The maximum Gasteiger partial charge on any atom is 0.00953 e. The third-order valence-electron chi connectivity index (χ3n) is 6.36. The number of hydrogen-bond donors (Lipinski definition) is 1. The predicted molar refractivity (Wildman–Crippen MR) is 90.5 cm³/mol. The smallest absolute Gasteiger partial charge is 0.00953 e. The molecule has 2 saturated carbocycles. The molecule has 0 spiro atoms. The lowest BCUT2D eigenvalue weighted by Crippen LogP contribution is -2.46. The van der Waals surface area contributed by atoms with E-state index in [9.17, 15) is 0 Å². The van der Waals surface area contributed by atoms with E-state index in [0.717, 1.165) is 29.8 Å². The van der Waals surface area contributed by atoms with E-state index >= 15 is 0 Å². The summed E-state index contributed by atoms with van der Waals surface area (Å²) in [5.41, 5.74) is 0. The largest absolute Gasteiger partial charge is 0.314 e. The molecule has 0 aromatic rings. The van der Waals surface area contributed by atoms with Crippen LogP contribution in [0.1, 0.15) is 71.6 Å². The van der Waals surface area contributed by atoms with Crippen LogP contribution < -0.4 is 5.32 Å². The van der Waals surface area contributed by atoms with Crippen LogP contribution in [0.2, 0.25) is 0 Å². The zero-order valence-corrected chi connectivity index (χ0v) is 14.3. The van der Waals surface area contributed by atoms with E-state index in [2.05, 4.69) is 24.1 Å². The number of nitrogens with one attached hydrogen (secondary N) is 1. The summed E-state index contributed by atoms with van der Waals surface area (Å²) in [5.74, 6) is 2.91. The third-order valence-corrected chi connectivity index (χ3v) is 6.36. The first-order chi connectivity index (χ1) is 10.2. The Morgan fingerprint density at radius 2 is 1.67 bits per heavy atom. The molecule has 3 fully saturated rings. The minimum Gasteiger partial charge on any atom is -0.314 e. The molecule has 0 aromatic heterocycles. The van der Waals surface area contributed by atoms with Crippen molar-refractivity contribution in [3.8, 4) is 0 Å². The minimum absolute atomic E-state index is 0.816. The van der Waals surface area contributed by atoms with Crippen molar-refractivity contribution >= 4 is 0 Å². The molecule has 1 heterocycles. The van der Waals surface area contributed by atoms with Gasteiger partial charge in [-0.1, -0.05) is 26.7 Å². The normalized spacial score (nSPS) is 33.3. The van der Waals surface area contributed by atoms with E-state index in [1.807, 2.05) is 0 Å². The Labute approximate surface area is 132 Å². The molecule has 21 heavy (non-hydrogen) atoms. The number of hydrogen-bond acceptors (Lipinski definition) is 2. The van der Waals surface area contributed by atoms with Crippen molar-refractivity contribution in [1.82, 2.24) is 10.2 Å². The predicted octanol–water partition coefficient (Wildman–Crippen LogP) is 4.06. The van der Waals surface area contributed by atoms with Crippen molar-refractivity contribution in [3.63, 3.8) is 0 Å². The molecule has 1 aliphatic heterocycles. The van der Waals surface area contributed by atoms with Gasteiger partial charge in [-0.05, 0) is 82.3 Å². The number of rotatable bonds is 5. The van der Waals surface area contributed by atoms with Gasteiger partial charge in [-0.2, -0.15) is 0 Å².